The Balaban J connectivity index is 2.45. The van der Waals surface area contributed by atoms with E-state index in [-0.39, 0.29) is 29.5 Å². The summed E-state index contributed by atoms with van der Waals surface area (Å²) in [6.45, 7) is -0.442. The van der Waals surface area contributed by atoms with Gasteiger partial charge >= 0.3 is 0 Å². The van der Waals surface area contributed by atoms with Crippen molar-refractivity contribution >= 4 is 44.8 Å². The topological polar surface area (TPSA) is 92.6 Å². The molecule has 0 aliphatic heterocycles. The first-order chi connectivity index (χ1) is 11.8. The number of hydrogen-bond acceptors (Lipinski definition) is 5. The monoisotopic (exact) mass is 433 g/mol. The van der Waals surface area contributed by atoms with Gasteiger partial charge in [-0.15, -0.1) is 0 Å². The largest absolute Gasteiger partial charge is 0.394 e. The number of hydrogen-bond donors (Lipinski definition) is 3. The van der Waals surface area contributed by atoms with Crippen molar-refractivity contribution in [3.63, 3.8) is 0 Å². The predicted molar refractivity (Wildman–Crippen MR) is 94.6 cm³/mol. The number of hydroxylamine groups is 1. The Labute approximate surface area is 155 Å². The van der Waals surface area contributed by atoms with Crippen LogP contribution in [0.25, 0.3) is 0 Å². The maximum atomic E-state index is 14.5. The number of carbonyl (C=O) groups is 1. The molecule has 0 spiro atoms. The number of anilines is 2. The van der Waals surface area contributed by atoms with E-state index in [1.54, 1.807) is 18.2 Å². The van der Waals surface area contributed by atoms with Crippen LogP contribution in [-0.4, -0.2) is 28.8 Å². The molecule has 7 nitrogen and oxygen atoms in total. The number of aliphatic hydroxyl groups excluding tert-OH is 1. The fourth-order valence-electron chi connectivity index (χ4n) is 1.93. The zero-order valence-corrected chi connectivity index (χ0v) is 15.3. The molecule has 2 rings (SSSR count). The van der Waals surface area contributed by atoms with Crippen LogP contribution in [0.1, 0.15) is 10.4 Å². The second kappa shape index (κ2) is 8.43. The lowest BCUT2D eigenvalue weighted by Gasteiger charge is -2.15. The second-order valence-corrected chi connectivity index (χ2v) is 6.22. The van der Waals surface area contributed by atoms with Crippen molar-refractivity contribution in [3.05, 3.63) is 55.6 Å². The second-order valence-electron chi connectivity index (χ2n) is 4.90. The molecule has 1 amide bonds. The summed E-state index contributed by atoms with van der Waals surface area (Å²) in [6.07, 6.45) is 1.16. The first-order valence-electron chi connectivity index (χ1n) is 6.99. The molecule has 0 unspecified atom stereocenters. The molecule has 0 radical (unpaired) electrons. The zero-order chi connectivity index (χ0) is 18.6. The first kappa shape index (κ1) is 19.4. The van der Waals surface area contributed by atoms with Crippen LogP contribution < -0.4 is 16.4 Å². The van der Waals surface area contributed by atoms with Gasteiger partial charge in [-0.05, 0) is 18.2 Å². The Morgan fingerprint density at radius 2 is 2.20 bits per heavy atom. The van der Waals surface area contributed by atoms with Crippen LogP contribution in [-0.2, 0) is 11.9 Å². The highest BCUT2D eigenvalue weighted by Gasteiger charge is 2.21. The molecule has 1 aromatic carbocycles. The molecule has 3 N–H and O–H groups in total. The fraction of sp³-hybridized carbons (Fsp3) is 0.200. The number of halogens is 3. The molecule has 1 aromatic heterocycles. The van der Waals surface area contributed by atoms with E-state index in [0.29, 0.717) is 10.2 Å². The van der Waals surface area contributed by atoms with Crippen molar-refractivity contribution in [2.24, 2.45) is 7.05 Å². The van der Waals surface area contributed by atoms with E-state index in [0.717, 1.165) is 10.8 Å². The maximum absolute atomic E-state index is 14.5. The van der Waals surface area contributed by atoms with Gasteiger partial charge in [-0.1, -0.05) is 27.5 Å². The van der Waals surface area contributed by atoms with Gasteiger partial charge in [0, 0.05) is 17.7 Å². The summed E-state index contributed by atoms with van der Waals surface area (Å²) in [5.41, 5.74) is 0.951. The third-order valence-electron chi connectivity index (χ3n) is 3.11. The molecular weight excluding hydrogens is 421 g/mol. The van der Waals surface area contributed by atoms with E-state index in [9.17, 15) is 14.0 Å². The lowest BCUT2D eigenvalue weighted by molar-refractivity contribution is 0.0168. The number of rotatable bonds is 6. The number of amides is 1. The SMILES string of the molecule is Cn1cc(C(=O)NOCCO)c(Nc2ccc(Br)cc2Cl)c(F)c1=O. The molecule has 0 aliphatic rings. The minimum atomic E-state index is -1.14. The maximum Gasteiger partial charge on any atom is 0.288 e. The number of aryl methyl sites for hydroxylation is 1. The van der Waals surface area contributed by atoms with Crippen molar-refractivity contribution in [1.82, 2.24) is 10.0 Å². The lowest BCUT2D eigenvalue weighted by Crippen LogP contribution is -2.30. The van der Waals surface area contributed by atoms with Gasteiger partial charge in [0.15, 0.2) is 0 Å². The van der Waals surface area contributed by atoms with E-state index >= 15 is 0 Å². The Morgan fingerprint density at radius 1 is 1.48 bits per heavy atom. The van der Waals surface area contributed by atoms with Crippen LogP contribution in [0.2, 0.25) is 5.02 Å². The highest BCUT2D eigenvalue weighted by Crippen LogP contribution is 2.30. The van der Waals surface area contributed by atoms with Crippen molar-refractivity contribution in [3.8, 4) is 0 Å². The van der Waals surface area contributed by atoms with Gasteiger partial charge in [-0.3, -0.25) is 14.4 Å². The van der Waals surface area contributed by atoms with Crippen molar-refractivity contribution < 1.29 is 19.1 Å². The third-order valence-corrected chi connectivity index (χ3v) is 3.92. The zero-order valence-electron chi connectivity index (χ0n) is 13.0. The molecular formula is C15H14BrClFN3O4. The Kier molecular flexibility index (Phi) is 6.54. The van der Waals surface area contributed by atoms with E-state index in [1.165, 1.54) is 7.05 Å². The van der Waals surface area contributed by atoms with E-state index < -0.39 is 17.3 Å². The molecule has 134 valence electrons. The summed E-state index contributed by atoms with van der Waals surface area (Å²) in [6, 6.07) is 4.80. The summed E-state index contributed by atoms with van der Waals surface area (Å²) < 4.78 is 16.1. The van der Waals surface area contributed by atoms with Gasteiger partial charge in [0.25, 0.3) is 11.5 Å². The lowest BCUT2D eigenvalue weighted by atomic mass is 10.2. The average molecular weight is 435 g/mol. The molecule has 10 heteroatoms. The molecule has 0 bridgehead atoms. The van der Waals surface area contributed by atoms with Gasteiger partial charge in [0.2, 0.25) is 5.82 Å². The van der Waals surface area contributed by atoms with Gasteiger partial charge in [0.1, 0.15) is 0 Å². The molecule has 0 atom stereocenters. The Bertz CT molecular complexity index is 859. The van der Waals surface area contributed by atoms with Gasteiger partial charge in [0.05, 0.1) is 35.2 Å². The number of aliphatic hydroxyl groups is 1. The minimum absolute atomic E-state index is 0.138. The van der Waals surface area contributed by atoms with Crippen LogP contribution in [0.5, 0.6) is 0 Å². The number of carbonyl (C=O) groups excluding carboxylic acids is 1. The first-order valence-corrected chi connectivity index (χ1v) is 8.16. The minimum Gasteiger partial charge on any atom is -0.394 e. The van der Waals surface area contributed by atoms with E-state index in [4.69, 9.17) is 21.5 Å². The average Bonchev–Trinajstić information content (AvgIpc) is 2.57. The molecule has 25 heavy (non-hydrogen) atoms. The Hall–Kier alpha value is -1.94. The van der Waals surface area contributed by atoms with Crippen molar-refractivity contribution in [1.29, 1.82) is 0 Å². The number of aromatic nitrogens is 1. The molecule has 0 aliphatic carbocycles. The number of nitrogens with one attached hydrogen (secondary N) is 2. The number of nitrogens with zero attached hydrogens (tertiary/aromatic N) is 1. The predicted octanol–water partition coefficient (Wildman–Crippen LogP) is 2.34. The van der Waals surface area contributed by atoms with E-state index in [1.807, 2.05) is 0 Å². The molecule has 2 aromatic rings. The van der Waals surface area contributed by atoms with Gasteiger partial charge in [-0.2, -0.15) is 4.39 Å². The van der Waals surface area contributed by atoms with Crippen molar-refractivity contribution in [2.45, 2.75) is 0 Å². The third kappa shape index (κ3) is 4.57. The van der Waals surface area contributed by atoms with Crippen LogP contribution in [0.3, 0.4) is 0 Å². The van der Waals surface area contributed by atoms with E-state index in [2.05, 4.69) is 26.7 Å². The normalized spacial score (nSPS) is 10.6. The summed E-state index contributed by atoms with van der Waals surface area (Å²) in [4.78, 5) is 28.8. The highest BCUT2D eigenvalue weighted by molar-refractivity contribution is 9.10. The summed E-state index contributed by atoms with van der Waals surface area (Å²) in [5.74, 6) is -1.94. The number of benzene rings is 1. The van der Waals surface area contributed by atoms with Crippen LogP contribution in [0, 0.1) is 5.82 Å². The van der Waals surface area contributed by atoms with Crippen LogP contribution in [0.4, 0.5) is 15.8 Å². The molecule has 0 saturated carbocycles. The van der Waals surface area contributed by atoms with Crippen LogP contribution in [0.15, 0.2) is 33.7 Å². The van der Waals surface area contributed by atoms with Crippen LogP contribution >= 0.6 is 27.5 Å². The van der Waals surface area contributed by atoms with Gasteiger partial charge < -0.3 is 15.0 Å². The molecule has 1 heterocycles. The standard InChI is InChI=1S/C15H14BrClFN3O4/c1-21-7-9(14(23)20-25-5-4-22)13(12(18)15(21)24)19-11-3-2-8(16)6-10(11)17/h2-3,6-7,19,22H,4-5H2,1H3,(H,20,23). The highest BCUT2D eigenvalue weighted by atomic mass is 79.9. The van der Waals surface area contributed by atoms with Gasteiger partial charge in [-0.25, -0.2) is 5.48 Å². The quantitative estimate of drug-likeness (QED) is 0.479. The summed E-state index contributed by atoms with van der Waals surface area (Å²) >= 11 is 9.34. The molecule has 0 saturated heterocycles. The fourth-order valence-corrected chi connectivity index (χ4v) is 2.65. The number of pyridine rings is 1. The summed E-state index contributed by atoms with van der Waals surface area (Å²) in [7, 11) is 1.31. The summed E-state index contributed by atoms with van der Waals surface area (Å²) in [5, 5.41) is 11.6. The molecule has 0 fully saturated rings. The smallest absolute Gasteiger partial charge is 0.288 e. The van der Waals surface area contributed by atoms with Crippen molar-refractivity contribution in [2.75, 3.05) is 18.5 Å². The Morgan fingerprint density at radius 3 is 2.84 bits per heavy atom.